The number of rotatable bonds is 6. The highest BCUT2D eigenvalue weighted by Gasteiger charge is 2.23. The molecule has 0 aliphatic carbocycles. The molecule has 2 aromatic carbocycles. The van der Waals surface area contributed by atoms with Gasteiger partial charge in [-0.05, 0) is 24.1 Å². The lowest BCUT2D eigenvalue weighted by atomic mass is 10.1. The Bertz CT molecular complexity index is 983. The second-order valence-electron chi connectivity index (χ2n) is 6.69. The average molecular weight is 393 g/mol. The number of benzene rings is 2. The third-order valence-corrected chi connectivity index (χ3v) is 4.81. The first-order chi connectivity index (χ1) is 14.2. The largest absolute Gasteiger partial charge is 0.493 e. The summed E-state index contributed by atoms with van der Waals surface area (Å²) in [6.45, 7) is 2.89. The van der Waals surface area contributed by atoms with Crippen LogP contribution >= 0.6 is 0 Å². The molecule has 2 heterocycles. The number of fused-ring (bicyclic) bond motifs is 1. The number of nitrogens with one attached hydrogen (secondary N) is 2. The summed E-state index contributed by atoms with van der Waals surface area (Å²) in [5, 5.41) is 3.04. The Morgan fingerprint density at radius 2 is 2.03 bits per heavy atom. The summed E-state index contributed by atoms with van der Waals surface area (Å²) in [6, 6.07) is 13.0. The lowest BCUT2D eigenvalue weighted by Crippen LogP contribution is -2.29. The standard InChI is InChI=1S/C22H23N3O4/c1-3-16(21-23-13-17(24-21)14-7-5-4-6-8-14)25-22(26)15-11-18(27-2)20-19(12-15)28-9-10-29-20/h4-8,11-13,16H,3,9-10H2,1-2H3,(H,23,24)(H,25,26). The molecule has 0 spiro atoms. The van der Waals surface area contributed by atoms with Gasteiger partial charge in [0.05, 0.1) is 25.0 Å². The van der Waals surface area contributed by atoms with E-state index in [0.29, 0.717) is 48.3 Å². The van der Waals surface area contributed by atoms with E-state index < -0.39 is 0 Å². The minimum atomic E-state index is -0.251. The van der Waals surface area contributed by atoms with Gasteiger partial charge < -0.3 is 24.5 Å². The maximum absolute atomic E-state index is 12.9. The van der Waals surface area contributed by atoms with Crippen molar-refractivity contribution < 1.29 is 19.0 Å². The summed E-state index contributed by atoms with van der Waals surface area (Å²) in [5.41, 5.74) is 2.40. The molecule has 7 heteroatoms. The summed E-state index contributed by atoms with van der Waals surface area (Å²) in [6.07, 6.45) is 2.47. The Kier molecular flexibility index (Phi) is 5.37. The molecule has 1 unspecified atom stereocenters. The van der Waals surface area contributed by atoms with Gasteiger partial charge in [0.15, 0.2) is 11.5 Å². The number of H-pyrrole nitrogens is 1. The summed E-state index contributed by atoms with van der Waals surface area (Å²) in [7, 11) is 1.54. The molecule has 0 bridgehead atoms. The van der Waals surface area contributed by atoms with Gasteiger partial charge in [-0.25, -0.2) is 4.98 Å². The maximum Gasteiger partial charge on any atom is 0.252 e. The summed E-state index contributed by atoms with van der Waals surface area (Å²) in [4.78, 5) is 20.7. The van der Waals surface area contributed by atoms with Crippen molar-refractivity contribution >= 4 is 5.91 Å². The van der Waals surface area contributed by atoms with Gasteiger partial charge in [0.25, 0.3) is 5.91 Å². The fraction of sp³-hybridized carbons (Fsp3) is 0.273. The van der Waals surface area contributed by atoms with E-state index in [1.807, 2.05) is 37.3 Å². The van der Waals surface area contributed by atoms with Crippen molar-refractivity contribution in [2.45, 2.75) is 19.4 Å². The molecule has 1 aliphatic heterocycles. The molecule has 150 valence electrons. The third kappa shape index (κ3) is 3.89. The van der Waals surface area contributed by atoms with Crippen molar-refractivity contribution in [3.05, 3.63) is 60.0 Å². The van der Waals surface area contributed by atoms with Gasteiger partial charge in [-0.3, -0.25) is 4.79 Å². The van der Waals surface area contributed by atoms with Crippen molar-refractivity contribution in [1.29, 1.82) is 0 Å². The van der Waals surface area contributed by atoms with E-state index in [-0.39, 0.29) is 11.9 Å². The molecule has 0 radical (unpaired) electrons. The van der Waals surface area contributed by atoms with Crippen LogP contribution in [0.4, 0.5) is 0 Å². The zero-order valence-electron chi connectivity index (χ0n) is 16.4. The number of hydrogen-bond acceptors (Lipinski definition) is 5. The maximum atomic E-state index is 12.9. The van der Waals surface area contributed by atoms with Crippen LogP contribution in [0.3, 0.4) is 0 Å². The van der Waals surface area contributed by atoms with Gasteiger partial charge in [-0.15, -0.1) is 0 Å². The topological polar surface area (TPSA) is 85.5 Å². The highest BCUT2D eigenvalue weighted by molar-refractivity contribution is 5.95. The molecule has 1 aliphatic rings. The number of aromatic nitrogens is 2. The molecule has 0 saturated heterocycles. The quantitative estimate of drug-likeness (QED) is 0.666. The highest BCUT2D eigenvalue weighted by atomic mass is 16.6. The van der Waals surface area contributed by atoms with Gasteiger partial charge in [-0.1, -0.05) is 37.3 Å². The molecule has 1 amide bonds. The van der Waals surface area contributed by atoms with Crippen LogP contribution in [-0.4, -0.2) is 36.2 Å². The molecule has 4 rings (SSSR count). The van der Waals surface area contributed by atoms with Crippen LogP contribution < -0.4 is 19.5 Å². The number of aromatic amines is 1. The summed E-state index contributed by atoms with van der Waals surface area (Å²) in [5.74, 6) is 2.00. The zero-order valence-corrected chi connectivity index (χ0v) is 16.4. The second-order valence-corrected chi connectivity index (χ2v) is 6.69. The molecule has 0 saturated carbocycles. The van der Waals surface area contributed by atoms with Crippen molar-refractivity contribution in [2.24, 2.45) is 0 Å². The lowest BCUT2D eigenvalue weighted by molar-refractivity contribution is 0.0932. The van der Waals surface area contributed by atoms with Crippen LogP contribution in [0.2, 0.25) is 0 Å². The molecular formula is C22H23N3O4. The molecule has 0 fully saturated rings. The first-order valence-electron chi connectivity index (χ1n) is 9.58. The van der Waals surface area contributed by atoms with Gasteiger partial charge in [0.1, 0.15) is 19.0 Å². The Morgan fingerprint density at radius 1 is 1.24 bits per heavy atom. The Hall–Kier alpha value is -3.48. The molecule has 2 N–H and O–H groups in total. The summed E-state index contributed by atoms with van der Waals surface area (Å²) >= 11 is 0. The first kappa shape index (κ1) is 18.9. The number of amides is 1. The predicted octanol–water partition coefficient (Wildman–Crippen LogP) is 3.74. The number of methoxy groups -OCH3 is 1. The van der Waals surface area contributed by atoms with Gasteiger partial charge >= 0.3 is 0 Å². The highest BCUT2D eigenvalue weighted by Crippen LogP contribution is 2.40. The number of ether oxygens (including phenoxy) is 3. The molecule has 1 aromatic heterocycles. The van der Waals surface area contributed by atoms with Crippen LogP contribution in [0, 0.1) is 0 Å². The van der Waals surface area contributed by atoms with Crippen LogP contribution in [0.15, 0.2) is 48.7 Å². The van der Waals surface area contributed by atoms with Gasteiger partial charge in [-0.2, -0.15) is 0 Å². The van der Waals surface area contributed by atoms with Crippen molar-refractivity contribution in [1.82, 2.24) is 15.3 Å². The molecule has 3 aromatic rings. The number of carbonyl (C=O) groups is 1. The predicted molar refractivity (Wildman–Crippen MR) is 109 cm³/mol. The minimum absolute atomic E-state index is 0.232. The molecule has 29 heavy (non-hydrogen) atoms. The monoisotopic (exact) mass is 393 g/mol. The second kappa shape index (κ2) is 8.26. The average Bonchev–Trinajstić information content (AvgIpc) is 3.27. The van der Waals surface area contributed by atoms with Crippen LogP contribution in [0.25, 0.3) is 11.3 Å². The van der Waals surface area contributed by atoms with Crippen LogP contribution in [0.5, 0.6) is 17.2 Å². The molecule has 7 nitrogen and oxygen atoms in total. The smallest absolute Gasteiger partial charge is 0.252 e. The number of carbonyl (C=O) groups excluding carboxylic acids is 1. The fourth-order valence-electron chi connectivity index (χ4n) is 3.29. The zero-order chi connectivity index (χ0) is 20.2. The number of nitrogens with zero attached hydrogens (tertiary/aromatic N) is 1. The molecule has 1 atom stereocenters. The first-order valence-corrected chi connectivity index (χ1v) is 9.58. The number of hydrogen-bond donors (Lipinski definition) is 2. The Labute approximate surface area is 169 Å². The van der Waals surface area contributed by atoms with E-state index in [9.17, 15) is 4.79 Å². The van der Waals surface area contributed by atoms with Crippen molar-refractivity contribution in [2.75, 3.05) is 20.3 Å². The van der Waals surface area contributed by atoms with Crippen LogP contribution in [0.1, 0.15) is 35.6 Å². The van der Waals surface area contributed by atoms with Crippen molar-refractivity contribution in [3.63, 3.8) is 0 Å². The van der Waals surface area contributed by atoms with E-state index in [4.69, 9.17) is 14.2 Å². The van der Waals surface area contributed by atoms with Gasteiger partial charge in [0, 0.05) is 5.56 Å². The summed E-state index contributed by atoms with van der Waals surface area (Å²) < 4.78 is 16.6. The normalized spacial score (nSPS) is 13.6. The van der Waals surface area contributed by atoms with E-state index >= 15 is 0 Å². The van der Waals surface area contributed by atoms with E-state index in [1.54, 1.807) is 18.3 Å². The Morgan fingerprint density at radius 3 is 2.79 bits per heavy atom. The SMILES string of the molecule is CCC(NC(=O)c1cc(OC)c2c(c1)OCCO2)c1ncc(-c2ccccc2)[nH]1. The van der Waals surface area contributed by atoms with Gasteiger partial charge in [0.2, 0.25) is 5.75 Å². The van der Waals surface area contributed by atoms with Crippen molar-refractivity contribution in [3.8, 4) is 28.5 Å². The molecular weight excluding hydrogens is 370 g/mol. The van der Waals surface area contributed by atoms with Crippen LogP contribution in [-0.2, 0) is 0 Å². The lowest BCUT2D eigenvalue weighted by Gasteiger charge is -2.22. The number of imidazole rings is 1. The fourth-order valence-corrected chi connectivity index (χ4v) is 3.29. The third-order valence-electron chi connectivity index (χ3n) is 4.81. The minimum Gasteiger partial charge on any atom is -0.493 e. The van der Waals surface area contributed by atoms with E-state index in [2.05, 4.69) is 15.3 Å². The van der Waals surface area contributed by atoms with E-state index in [1.165, 1.54) is 7.11 Å². The Balaban J connectivity index is 1.55. The van der Waals surface area contributed by atoms with E-state index in [0.717, 1.165) is 11.3 Å².